The van der Waals surface area contributed by atoms with Gasteiger partial charge in [0.15, 0.2) is 0 Å². The molecule has 5 nitrogen and oxygen atoms in total. The van der Waals surface area contributed by atoms with Gasteiger partial charge in [0.05, 0.1) is 21.2 Å². The monoisotopic (exact) mass is 327 g/mol. The molecule has 0 spiro atoms. The predicted octanol–water partition coefficient (Wildman–Crippen LogP) is 1.57. The Labute approximate surface area is 115 Å². The number of carbonyl (C=O) groups is 1. The number of aromatic amines is 1. The number of nitrogens with zero attached hydrogens (tertiary/aromatic N) is 1. The third-order valence-electron chi connectivity index (χ3n) is 2.27. The molecule has 2 aromatic rings. The molecule has 7 heteroatoms. The number of H-pyrrole nitrogens is 1. The molecule has 18 heavy (non-hydrogen) atoms. The normalized spacial score (nSPS) is 10.3. The molecule has 1 amide bonds. The summed E-state index contributed by atoms with van der Waals surface area (Å²) < 4.78 is 0.342. The zero-order valence-corrected chi connectivity index (χ0v) is 11.7. The van der Waals surface area contributed by atoms with Crippen molar-refractivity contribution >= 4 is 33.2 Å². The van der Waals surface area contributed by atoms with Crippen LogP contribution in [-0.2, 0) is 6.42 Å². The first kappa shape index (κ1) is 13.0. The number of hydrogen-bond donors (Lipinski definition) is 2. The maximum atomic E-state index is 11.8. The quantitative estimate of drug-likeness (QED) is 0.895. The summed E-state index contributed by atoms with van der Waals surface area (Å²) in [6.07, 6.45) is 2.09. The number of hydrogen-bond acceptors (Lipinski definition) is 4. The lowest BCUT2D eigenvalue weighted by Gasteiger charge is -2.04. The number of pyridine rings is 1. The molecule has 0 aliphatic carbocycles. The Kier molecular flexibility index (Phi) is 4.27. The van der Waals surface area contributed by atoms with Crippen molar-refractivity contribution in [3.63, 3.8) is 0 Å². The van der Waals surface area contributed by atoms with Gasteiger partial charge in [-0.2, -0.15) is 0 Å². The third-order valence-corrected chi connectivity index (χ3v) is 3.49. The Balaban J connectivity index is 1.91. The summed E-state index contributed by atoms with van der Waals surface area (Å²) in [5.41, 5.74) is 2.88. The van der Waals surface area contributed by atoms with E-state index < -0.39 is 0 Å². The Morgan fingerprint density at radius 1 is 1.56 bits per heavy atom. The van der Waals surface area contributed by atoms with E-state index in [9.17, 15) is 9.59 Å². The smallest absolute Gasteiger partial charge is 0.262 e. The second-order valence-electron chi connectivity index (χ2n) is 3.55. The molecule has 0 unspecified atom stereocenters. The van der Waals surface area contributed by atoms with E-state index in [0.717, 1.165) is 5.69 Å². The average Bonchev–Trinajstić information content (AvgIpc) is 2.85. The number of carbonyl (C=O) groups excluding carboxylic acids is 1. The van der Waals surface area contributed by atoms with Crippen molar-refractivity contribution in [3.05, 3.63) is 49.2 Å². The second kappa shape index (κ2) is 5.92. The van der Waals surface area contributed by atoms with Crippen molar-refractivity contribution in [1.82, 2.24) is 15.3 Å². The fourth-order valence-electron chi connectivity index (χ4n) is 1.35. The summed E-state index contributed by atoms with van der Waals surface area (Å²) in [6, 6.07) is 1.50. The fraction of sp³-hybridized carbons (Fsp3) is 0.182. The van der Waals surface area contributed by atoms with Crippen molar-refractivity contribution in [2.45, 2.75) is 6.42 Å². The molecule has 0 aliphatic rings. The molecule has 0 fully saturated rings. The van der Waals surface area contributed by atoms with Gasteiger partial charge < -0.3 is 10.3 Å². The standard InChI is InChI=1S/C11H10BrN3O2S/c12-9-3-7(4-14-11(9)17)10(16)13-2-1-8-5-18-6-15-8/h3-6H,1-2H2,(H,13,16)(H,14,17). The summed E-state index contributed by atoms with van der Waals surface area (Å²) in [6.45, 7) is 0.513. The van der Waals surface area contributed by atoms with E-state index in [1.807, 2.05) is 5.38 Å². The van der Waals surface area contributed by atoms with Crippen molar-refractivity contribution in [2.75, 3.05) is 6.54 Å². The van der Waals surface area contributed by atoms with Crippen LogP contribution in [-0.4, -0.2) is 22.4 Å². The summed E-state index contributed by atoms with van der Waals surface area (Å²) in [7, 11) is 0. The molecule has 0 saturated heterocycles. The predicted molar refractivity (Wildman–Crippen MR) is 72.9 cm³/mol. The summed E-state index contributed by atoms with van der Waals surface area (Å²) in [4.78, 5) is 29.5. The lowest BCUT2D eigenvalue weighted by atomic mass is 10.2. The molecule has 0 bridgehead atoms. The highest BCUT2D eigenvalue weighted by atomic mass is 79.9. The number of rotatable bonds is 4. The Morgan fingerprint density at radius 3 is 3.06 bits per heavy atom. The maximum Gasteiger partial charge on any atom is 0.262 e. The van der Waals surface area contributed by atoms with Gasteiger partial charge in [0.2, 0.25) is 0 Å². The van der Waals surface area contributed by atoms with E-state index in [0.29, 0.717) is 23.0 Å². The molecule has 94 valence electrons. The van der Waals surface area contributed by atoms with Crippen molar-refractivity contribution in [3.8, 4) is 0 Å². The lowest BCUT2D eigenvalue weighted by Crippen LogP contribution is -2.26. The SMILES string of the molecule is O=C(NCCc1cscn1)c1c[nH]c(=O)c(Br)c1. The van der Waals surface area contributed by atoms with Gasteiger partial charge in [-0.1, -0.05) is 0 Å². The average molecular weight is 328 g/mol. The van der Waals surface area contributed by atoms with E-state index in [-0.39, 0.29) is 11.5 Å². The molecule has 0 saturated carbocycles. The third kappa shape index (κ3) is 3.27. The van der Waals surface area contributed by atoms with Crippen LogP contribution in [0.3, 0.4) is 0 Å². The van der Waals surface area contributed by atoms with Crippen LogP contribution < -0.4 is 10.9 Å². The summed E-state index contributed by atoms with van der Waals surface area (Å²) in [5.74, 6) is -0.220. The summed E-state index contributed by atoms with van der Waals surface area (Å²) in [5, 5.41) is 4.71. The van der Waals surface area contributed by atoms with E-state index in [1.165, 1.54) is 23.6 Å². The minimum Gasteiger partial charge on any atom is -0.352 e. The van der Waals surface area contributed by atoms with Crippen LogP contribution in [0.1, 0.15) is 16.1 Å². The molecular formula is C11H10BrN3O2S. The Bertz CT molecular complexity index is 595. The molecule has 0 radical (unpaired) electrons. The topological polar surface area (TPSA) is 74.8 Å². The van der Waals surface area contributed by atoms with Crippen LogP contribution in [0, 0.1) is 0 Å². The highest BCUT2D eigenvalue weighted by Gasteiger charge is 2.07. The van der Waals surface area contributed by atoms with E-state index in [1.54, 1.807) is 5.51 Å². The minimum absolute atomic E-state index is 0.220. The number of amides is 1. The number of nitrogens with one attached hydrogen (secondary N) is 2. The molecular weight excluding hydrogens is 318 g/mol. The molecule has 0 aromatic carbocycles. The van der Waals surface area contributed by atoms with Crippen LogP contribution >= 0.6 is 27.3 Å². The Hall–Kier alpha value is -1.47. The van der Waals surface area contributed by atoms with Gasteiger partial charge in [0, 0.05) is 24.5 Å². The van der Waals surface area contributed by atoms with E-state index >= 15 is 0 Å². The largest absolute Gasteiger partial charge is 0.352 e. The molecule has 2 rings (SSSR count). The first-order valence-corrected chi connectivity index (χ1v) is 6.94. The molecule has 0 atom stereocenters. The van der Waals surface area contributed by atoms with Gasteiger partial charge in [-0.25, -0.2) is 4.98 Å². The first-order valence-electron chi connectivity index (χ1n) is 5.20. The highest BCUT2D eigenvalue weighted by Crippen LogP contribution is 2.05. The van der Waals surface area contributed by atoms with Gasteiger partial charge in [-0.3, -0.25) is 9.59 Å². The second-order valence-corrected chi connectivity index (χ2v) is 5.12. The van der Waals surface area contributed by atoms with Gasteiger partial charge in [-0.05, 0) is 22.0 Å². The van der Waals surface area contributed by atoms with Crippen molar-refractivity contribution in [1.29, 1.82) is 0 Å². The number of halogens is 1. The minimum atomic E-state index is -0.256. The van der Waals surface area contributed by atoms with Crippen molar-refractivity contribution in [2.24, 2.45) is 0 Å². The molecule has 0 aliphatic heterocycles. The van der Waals surface area contributed by atoms with Crippen LogP contribution in [0.5, 0.6) is 0 Å². The lowest BCUT2D eigenvalue weighted by molar-refractivity contribution is 0.0953. The van der Waals surface area contributed by atoms with Crippen LogP contribution in [0.2, 0.25) is 0 Å². The van der Waals surface area contributed by atoms with Crippen LogP contribution in [0.4, 0.5) is 0 Å². The highest BCUT2D eigenvalue weighted by molar-refractivity contribution is 9.10. The Morgan fingerprint density at radius 2 is 2.39 bits per heavy atom. The molecule has 2 aromatic heterocycles. The van der Waals surface area contributed by atoms with E-state index in [4.69, 9.17) is 0 Å². The zero-order chi connectivity index (χ0) is 13.0. The fourth-order valence-corrected chi connectivity index (χ4v) is 2.31. The zero-order valence-electron chi connectivity index (χ0n) is 9.27. The van der Waals surface area contributed by atoms with Gasteiger partial charge in [0.1, 0.15) is 0 Å². The van der Waals surface area contributed by atoms with Crippen LogP contribution in [0.15, 0.2) is 32.4 Å². The summed E-state index contributed by atoms with van der Waals surface area (Å²) >= 11 is 4.61. The van der Waals surface area contributed by atoms with E-state index in [2.05, 4.69) is 31.2 Å². The first-order chi connectivity index (χ1) is 8.66. The van der Waals surface area contributed by atoms with Crippen LogP contribution in [0.25, 0.3) is 0 Å². The molecule has 2 N–H and O–H groups in total. The number of aromatic nitrogens is 2. The molecule has 2 heterocycles. The van der Waals surface area contributed by atoms with Gasteiger partial charge >= 0.3 is 0 Å². The van der Waals surface area contributed by atoms with Gasteiger partial charge in [0.25, 0.3) is 11.5 Å². The maximum absolute atomic E-state index is 11.8. The van der Waals surface area contributed by atoms with Gasteiger partial charge in [-0.15, -0.1) is 11.3 Å². The van der Waals surface area contributed by atoms with Crippen molar-refractivity contribution < 1.29 is 4.79 Å². The number of thiazole rings is 1.